The van der Waals surface area contributed by atoms with Gasteiger partial charge in [-0.2, -0.15) is 0 Å². The van der Waals surface area contributed by atoms with Gasteiger partial charge in [-0.3, -0.25) is 0 Å². The molecular weight excluding hydrogens is 296 g/mol. The predicted molar refractivity (Wildman–Crippen MR) is 93.6 cm³/mol. The van der Waals surface area contributed by atoms with E-state index in [-0.39, 0.29) is 11.0 Å². The Bertz CT molecular complexity index is 334. The van der Waals surface area contributed by atoms with Gasteiger partial charge < -0.3 is 13.9 Å². The van der Waals surface area contributed by atoms with Crippen molar-refractivity contribution in [2.24, 2.45) is 0 Å². The lowest BCUT2D eigenvalue weighted by Crippen LogP contribution is -2.41. The van der Waals surface area contributed by atoms with Gasteiger partial charge in [0, 0.05) is 13.2 Å². The van der Waals surface area contributed by atoms with Crippen LogP contribution in [-0.4, -0.2) is 40.2 Å². The molecule has 4 nitrogen and oxygen atoms in total. The molecule has 22 heavy (non-hydrogen) atoms. The molecule has 0 saturated carbocycles. The highest BCUT2D eigenvalue weighted by atomic mass is 28.4. The molecule has 0 aromatic rings. The van der Waals surface area contributed by atoms with Gasteiger partial charge in [-0.05, 0) is 44.3 Å². The summed E-state index contributed by atoms with van der Waals surface area (Å²) < 4.78 is 16.8. The number of hydrogen-bond acceptors (Lipinski definition) is 4. The molecule has 130 valence electrons. The highest BCUT2D eigenvalue weighted by molar-refractivity contribution is 6.74. The van der Waals surface area contributed by atoms with Gasteiger partial charge in [-0.25, -0.2) is 4.79 Å². The molecule has 0 N–H and O–H groups in total. The van der Waals surface area contributed by atoms with E-state index in [0.717, 1.165) is 12.8 Å². The minimum atomic E-state index is -1.70. The van der Waals surface area contributed by atoms with Gasteiger partial charge in [0.15, 0.2) is 14.4 Å². The van der Waals surface area contributed by atoms with Crippen molar-refractivity contribution in [3.05, 3.63) is 12.7 Å². The predicted octanol–water partition coefficient (Wildman–Crippen LogP) is 4.31. The first-order valence-electron chi connectivity index (χ1n) is 8.18. The van der Waals surface area contributed by atoms with Crippen LogP contribution in [-0.2, 0) is 18.7 Å². The fourth-order valence-electron chi connectivity index (χ4n) is 1.60. The highest BCUT2D eigenvalue weighted by Crippen LogP contribution is 2.36. The Morgan fingerprint density at radius 2 is 1.91 bits per heavy atom. The Morgan fingerprint density at radius 1 is 1.27 bits per heavy atom. The van der Waals surface area contributed by atoms with Gasteiger partial charge in [0.1, 0.15) is 0 Å². The number of hydrogen-bond donors (Lipinski definition) is 0. The lowest BCUT2D eigenvalue weighted by Gasteiger charge is -2.36. The minimum Gasteiger partial charge on any atom is -0.464 e. The van der Waals surface area contributed by atoms with E-state index in [1.807, 2.05) is 0 Å². The lowest BCUT2D eigenvalue weighted by atomic mass is 10.2. The zero-order chi connectivity index (χ0) is 17.2. The zero-order valence-corrected chi connectivity index (χ0v) is 16.2. The van der Waals surface area contributed by atoms with Crippen molar-refractivity contribution in [1.82, 2.24) is 0 Å². The smallest absolute Gasteiger partial charge is 0.335 e. The summed E-state index contributed by atoms with van der Waals surface area (Å²) in [6.07, 6.45) is 3.44. The second kappa shape index (κ2) is 10.2. The fraction of sp³-hybridized carbons (Fsp3) is 0.824. The molecule has 0 aromatic heterocycles. The third-order valence-corrected chi connectivity index (χ3v) is 8.60. The van der Waals surface area contributed by atoms with Crippen LogP contribution in [0.1, 0.15) is 47.0 Å². The Hall–Kier alpha value is -0.653. The number of rotatable bonds is 11. The topological polar surface area (TPSA) is 44.8 Å². The van der Waals surface area contributed by atoms with E-state index in [2.05, 4.69) is 40.4 Å². The van der Waals surface area contributed by atoms with E-state index in [1.54, 1.807) is 13.0 Å². The van der Waals surface area contributed by atoms with Crippen LogP contribution in [0, 0.1) is 0 Å². The van der Waals surface area contributed by atoms with Crippen LogP contribution >= 0.6 is 0 Å². The highest BCUT2D eigenvalue weighted by Gasteiger charge is 2.36. The van der Waals surface area contributed by atoms with E-state index < -0.39 is 14.4 Å². The Labute approximate surface area is 137 Å². The Kier molecular flexibility index (Phi) is 9.88. The number of esters is 1. The number of carbonyl (C=O) groups excluding carboxylic acids is 1. The molecule has 0 amide bonds. The van der Waals surface area contributed by atoms with Gasteiger partial charge in [0.2, 0.25) is 0 Å². The Morgan fingerprint density at radius 3 is 2.41 bits per heavy atom. The van der Waals surface area contributed by atoms with Crippen LogP contribution in [0.4, 0.5) is 0 Å². The molecule has 5 heteroatoms. The van der Waals surface area contributed by atoms with Crippen molar-refractivity contribution in [3.8, 4) is 0 Å². The molecule has 0 aliphatic carbocycles. The van der Waals surface area contributed by atoms with Crippen LogP contribution in [0.25, 0.3) is 0 Å². The van der Waals surface area contributed by atoms with Crippen molar-refractivity contribution >= 4 is 14.3 Å². The maximum Gasteiger partial charge on any atom is 0.335 e. The number of allylic oxidation sites excluding steroid dienone is 1. The van der Waals surface area contributed by atoms with Crippen LogP contribution in [0.5, 0.6) is 0 Å². The molecule has 0 aromatic carbocycles. The quantitative estimate of drug-likeness (QED) is 0.245. The van der Waals surface area contributed by atoms with Crippen molar-refractivity contribution < 1.29 is 18.7 Å². The average Bonchev–Trinajstić information content (AvgIpc) is 2.40. The Balaban J connectivity index is 4.12. The molecule has 0 spiro atoms. The number of ether oxygens (including phenoxy) is 2. The second-order valence-electron chi connectivity index (χ2n) is 6.94. The van der Waals surface area contributed by atoms with Gasteiger partial charge in [0.25, 0.3) is 0 Å². The lowest BCUT2D eigenvalue weighted by molar-refractivity contribution is -0.157. The molecule has 0 bridgehead atoms. The standard InChI is InChI=1S/C17H34O4Si/c1-8-10-12-15(16(18)19-9-2)20-13-11-14-21-22(6,7)17(3,4)5/h8,15H,1,9-14H2,2-7H3. The molecule has 0 radical (unpaired) electrons. The van der Waals surface area contributed by atoms with Crippen LogP contribution in [0.2, 0.25) is 18.1 Å². The molecule has 0 aliphatic rings. The van der Waals surface area contributed by atoms with Crippen molar-refractivity contribution in [3.63, 3.8) is 0 Å². The first-order valence-corrected chi connectivity index (χ1v) is 11.1. The zero-order valence-electron chi connectivity index (χ0n) is 15.2. The molecule has 0 rings (SSSR count). The van der Waals surface area contributed by atoms with E-state index in [4.69, 9.17) is 13.9 Å². The SMILES string of the molecule is C=CCCC(OCCCO[Si](C)(C)C(C)(C)C)C(=O)OCC. The summed E-state index contributed by atoms with van der Waals surface area (Å²) in [6.45, 7) is 18.2. The molecule has 0 fully saturated rings. The summed E-state index contributed by atoms with van der Waals surface area (Å²) in [7, 11) is -1.70. The van der Waals surface area contributed by atoms with Crippen LogP contribution in [0.15, 0.2) is 12.7 Å². The largest absolute Gasteiger partial charge is 0.464 e. The normalized spacial score (nSPS) is 13.7. The monoisotopic (exact) mass is 330 g/mol. The third kappa shape index (κ3) is 8.10. The molecule has 1 atom stereocenters. The molecule has 0 aliphatic heterocycles. The molecule has 0 saturated heterocycles. The first-order chi connectivity index (χ1) is 10.2. The van der Waals surface area contributed by atoms with Crippen LogP contribution in [0.3, 0.4) is 0 Å². The third-order valence-electron chi connectivity index (χ3n) is 4.06. The minimum absolute atomic E-state index is 0.214. The second-order valence-corrected chi connectivity index (χ2v) is 11.7. The molecular formula is C17H34O4Si. The maximum absolute atomic E-state index is 11.8. The molecule has 1 unspecified atom stereocenters. The van der Waals surface area contributed by atoms with E-state index in [9.17, 15) is 4.79 Å². The summed E-state index contributed by atoms with van der Waals surface area (Å²) in [4.78, 5) is 11.8. The summed E-state index contributed by atoms with van der Waals surface area (Å²) in [5, 5.41) is 0.214. The fourth-order valence-corrected chi connectivity index (χ4v) is 2.69. The first kappa shape index (κ1) is 21.3. The van der Waals surface area contributed by atoms with Gasteiger partial charge >= 0.3 is 5.97 Å². The van der Waals surface area contributed by atoms with E-state index >= 15 is 0 Å². The van der Waals surface area contributed by atoms with Gasteiger partial charge in [-0.1, -0.05) is 26.8 Å². The van der Waals surface area contributed by atoms with Crippen molar-refractivity contribution in [1.29, 1.82) is 0 Å². The summed E-state index contributed by atoms with van der Waals surface area (Å²) in [5.41, 5.74) is 0. The maximum atomic E-state index is 11.8. The van der Waals surface area contributed by atoms with E-state index in [1.165, 1.54) is 0 Å². The van der Waals surface area contributed by atoms with Crippen LogP contribution < -0.4 is 0 Å². The summed E-state index contributed by atoms with van der Waals surface area (Å²) in [6, 6.07) is 0. The van der Waals surface area contributed by atoms with Crippen molar-refractivity contribution in [2.75, 3.05) is 19.8 Å². The van der Waals surface area contributed by atoms with E-state index in [0.29, 0.717) is 26.2 Å². The van der Waals surface area contributed by atoms with Gasteiger partial charge in [0.05, 0.1) is 6.61 Å². The average molecular weight is 331 g/mol. The van der Waals surface area contributed by atoms with Crippen molar-refractivity contribution in [2.45, 2.75) is 71.2 Å². The summed E-state index contributed by atoms with van der Waals surface area (Å²) >= 11 is 0. The number of carbonyl (C=O) groups is 1. The molecule has 0 heterocycles. The summed E-state index contributed by atoms with van der Waals surface area (Å²) in [5.74, 6) is -0.283. The van der Waals surface area contributed by atoms with Gasteiger partial charge in [-0.15, -0.1) is 6.58 Å².